The zero-order chi connectivity index (χ0) is 9.80. The Morgan fingerprint density at radius 1 is 1.36 bits per heavy atom. The average Bonchev–Trinajstić information content (AvgIpc) is 2.23. The first-order valence-corrected chi connectivity index (χ1v) is 5.55. The number of rotatable bonds is 2. The molecule has 2 heterocycles. The van der Waals surface area contributed by atoms with Crippen molar-refractivity contribution in [2.45, 2.75) is 12.5 Å². The Morgan fingerprint density at radius 2 is 2.14 bits per heavy atom. The van der Waals surface area contributed by atoms with Crippen LogP contribution >= 0.6 is 0 Å². The van der Waals surface area contributed by atoms with Crippen molar-refractivity contribution >= 4 is 0 Å². The van der Waals surface area contributed by atoms with Crippen molar-refractivity contribution in [2.75, 3.05) is 45.9 Å². The Kier molecular flexibility index (Phi) is 3.75. The number of aliphatic hydroxyl groups excluding tert-OH is 1. The standard InChI is InChI=1S/C10H20N2O2/c13-10-1-2-11-7-9(10)8-12-3-5-14-6-4-12/h9-11,13H,1-8H2. The molecule has 2 atom stereocenters. The van der Waals surface area contributed by atoms with Gasteiger partial charge < -0.3 is 15.2 Å². The zero-order valence-electron chi connectivity index (χ0n) is 8.61. The van der Waals surface area contributed by atoms with Gasteiger partial charge in [-0.1, -0.05) is 0 Å². The van der Waals surface area contributed by atoms with Crippen LogP contribution in [0.5, 0.6) is 0 Å². The van der Waals surface area contributed by atoms with Crippen LogP contribution in [0.2, 0.25) is 0 Å². The van der Waals surface area contributed by atoms with E-state index in [2.05, 4.69) is 10.2 Å². The Balaban J connectivity index is 1.76. The van der Waals surface area contributed by atoms with Crippen LogP contribution in [0.4, 0.5) is 0 Å². The molecule has 0 aromatic rings. The lowest BCUT2D eigenvalue weighted by atomic mass is 9.95. The largest absolute Gasteiger partial charge is 0.393 e. The Bertz CT molecular complexity index is 172. The summed E-state index contributed by atoms with van der Waals surface area (Å²) < 4.78 is 5.30. The smallest absolute Gasteiger partial charge is 0.0604 e. The molecule has 2 aliphatic rings. The highest BCUT2D eigenvalue weighted by atomic mass is 16.5. The molecular weight excluding hydrogens is 180 g/mol. The van der Waals surface area contributed by atoms with Gasteiger partial charge in [0.25, 0.3) is 0 Å². The maximum Gasteiger partial charge on any atom is 0.0604 e. The van der Waals surface area contributed by atoms with Crippen molar-refractivity contribution in [3.63, 3.8) is 0 Å². The fourth-order valence-electron chi connectivity index (χ4n) is 2.21. The van der Waals surface area contributed by atoms with Gasteiger partial charge in [-0.2, -0.15) is 0 Å². The Labute approximate surface area is 85.2 Å². The number of ether oxygens (including phenoxy) is 1. The van der Waals surface area contributed by atoms with E-state index in [1.807, 2.05) is 0 Å². The lowest BCUT2D eigenvalue weighted by molar-refractivity contribution is 0.00508. The summed E-state index contributed by atoms with van der Waals surface area (Å²) in [7, 11) is 0. The number of nitrogens with zero attached hydrogens (tertiary/aromatic N) is 1. The monoisotopic (exact) mass is 200 g/mol. The van der Waals surface area contributed by atoms with Crippen LogP contribution in [0, 0.1) is 5.92 Å². The van der Waals surface area contributed by atoms with Crippen molar-refractivity contribution in [3.05, 3.63) is 0 Å². The quantitative estimate of drug-likeness (QED) is 0.618. The lowest BCUT2D eigenvalue weighted by Gasteiger charge is -2.34. The van der Waals surface area contributed by atoms with E-state index < -0.39 is 0 Å². The normalized spacial score (nSPS) is 35.8. The molecular formula is C10H20N2O2. The van der Waals surface area contributed by atoms with E-state index in [-0.39, 0.29) is 6.10 Å². The molecule has 0 bridgehead atoms. The topological polar surface area (TPSA) is 44.7 Å². The summed E-state index contributed by atoms with van der Waals surface area (Å²) in [4.78, 5) is 2.39. The lowest BCUT2D eigenvalue weighted by Crippen LogP contribution is -2.48. The summed E-state index contributed by atoms with van der Waals surface area (Å²) in [6, 6.07) is 0. The molecule has 2 saturated heterocycles. The van der Waals surface area contributed by atoms with E-state index in [1.54, 1.807) is 0 Å². The maximum atomic E-state index is 9.80. The molecule has 2 fully saturated rings. The molecule has 4 nitrogen and oxygen atoms in total. The molecule has 2 N–H and O–H groups in total. The van der Waals surface area contributed by atoms with Crippen molar-refractivity contribution in [3.8, 4) is 0 Å². The molecule has 0 amide bonds. The number of piperidine rings is 1. The third kappa shape index (κ3) is 2.67. The molecule has 0 spiro atoms. The van der Waals surface area contributed by atoms with Gasteiger partial charge in [0, 0.05) is 32.1 Å². The van der Waals surface area contributed by atoms with Crippen molar-refractivity contribution in [1.82, 2.24) is 10.2 Å². The summed E-state index contributed by atoms with van der Waals surface area (Å²) in [5.41, 5.74) is 0. The molecule has 0 radical (unpaired) electrons. The zero-order valence-corrected chi connectivity index (χ0v) is 8.61. The molecule has 2 rings (SSSR count). The van der Waals surface area contributed by atoms with Crippen LogP contribution in [0.3, 0.4) is 0 Å². The second kappa shape index (κ2) is 5.07. The van der Waals surface area contributed by atoms with Gasteiger partial charge in [-0.3, -0.25) is 4.90 Å². The molecule has 0 aromatic heterocycles. The number of hydrogen-bond donors (Lipinski definition) is 2. The van der Waals surface area contributed by atoms with Crippen LogP contribution in [-0.2, 0) is 4.74 Å². The minimum atomic E-state index is -0.112. The van der Waals surface area contributed by atoms with Crippen molar-refractivity contribution in [1.29, 1.82) is 0 Å². The Hall–Kier alpha value is -0.160. The summed E-state index contributed by atoms with van der Waals surface area (Å²) in [5, 5.41) is 13.1. The van der Waals surface area contributed by atoms with Crippen molar-refractivity contribution < 1.29 is 9.84 Å². The highest BCUT2D eigenvalue weighted by molar-refractivity contribution is 4.80. The maximum absolute atomic E-state index is 9.80. The molecule has 2 aliphatic heterocycles. The number of morpholine rings is 1. The third-order valence-corrected chi connectivity index (χ3v) is 3.16. The van der Waals surface area contributed by atoms with E-state index in [0.29, 0.717) is 5.92 Å². The van der Waals surface area contributed by atoms with Crippen LogP contribution in [0.15, 0.2) is 0 Å². The molecule has 0 aliphatic carbocycles. The van der Waals surface area contributed by atoms with E-state index >= 15 is 0 Å². The molecule has 4 heteroatoms. The van der Waals surface area contributed by atoms with Gasteiger partial charge in [0.05, 0.1) is 19.3 Å². The first-order chi connectivity index (χ1) is 6.86. The fraction of sp³-hybridized carbons (Fsp3) is 1.00. The summed E-state index contributed by atoms with van der Waals surface area (Å²) in [6.45, 7) is 6.65. The molecule has 0 aromatic carbocycles. The van der Waals surface area contributed by atoms with Crippen LogP contribution in [-0.4, -0.2) is 62.0 Å². The minimum Gasteiger partial charge on any atom is -0.393 e. The van der Waals surface area contributed by atoms with Gasteiger partial charge >= 0.3 is 0 Å². The third-order valence-electron chi connectivity index (χ3n) is 3.16. The number of hydrogen-bond acceptors (Lipinski definition) is 4. The first-order valence-electron chi connectivity index (χ1n) is 5.55. The highest BCUT2D eigenvalue weighted by Crippen LogP contribution is 2.13. The van der Waals surface area contributed by atoms with Gasteiger partial charge in [-0.15, -0.1) is 0 Å². The highest BCUT2D eigenvalue weighted by Gasteiger charge is 2.25. The van der Waals surface area contributed by atoms with Crippen LogP contribution in [0.1, 0.15) is 6.42 Å². The van der Waals surface area contributed by atoms with Gasteiger partial charge in [0.2, 0.25) is 0 Å². The van der Waals surface area contributed by atoms with Gasteiger partial charge in [0.15, 0.2) is 0 Å². The second-order valence-electron chi connectivity index (χ2n) is 4.23. The van der Waals surface area contributed by atoms with E-state index in [4.69, 9.17) is 4.74 Å². The van der Waals surface area contributed by atoms with E-state index in [1.165, 1.54) is 0 Å². The van der Waals surface area contributed by atoms with E-state index in [0.717, 1.165) is 52.4 Å². The van der Waals surface area contributed by atoms with Gasteiger partial charge in [0.1, 0.15) is 0 Å². The SMILES string of the molecule is OC1CCNCC1CN1CCOCC1. The average molecular weight is 200 g/mol. The number of nitrogens with one attached hydrogen (secondary N) is 1. The second-order valence-corrected chi connectivity index (χ2v) is 4.23. The fourth-order valence-corrected chi connectivity index (χ4v) is 2.21. The Morgan fingerprint density at radius 3 is 2.86 bits per heavy atom. The molecule has 0 saturated carbocycles. The molecule has 14 heavy (non-hydrogen) atoms. The van der Waals surface area contributed by atoms with Gasteiger partial charge in [-0.25, -0.2) is 0 Å². The molecule has 2 unspecified atom stereocenters. The van der Waals surface area contributed by atoms with Crippen LogP contribution in [0.25, 0.3) is 0 Å². The van der Waals surface area contributed by atoms with Crippen molar-refractivity contribution in [2.24, 2.45) is 5.92 Å². The molecule has 82 valence electrons. The predicted octanol–water partition coefficient (Wildman–Crippen LogP) is -0.711. The summed E-state index contributed by atoms with van der Waals surface area (Å²) >= 11 is 0. The predicted molar refractivity (Wildman–Crippen MR) is 54.2 cm³/mol. The van der Waals surface area contributed by atoms with E-state index in [9.17, 15) is 5.11 Å². The van der Waals surface area contributed by atoms with Crippen LogP contribution < -0.4 is 5.32 Å². The first kappa shape index (κ1) is 10.4. The summed E-state index contributed by atoms with van der Waals surface area (Å²) in [6.07, 6.45) is 0.786. The summed E-state index contributed by atoms with van der Waals surface area (Å²) in [5.74, 6) is 0.404. The minimum absolute atomic E-state index is 0.112. The number of aliphatic hydroxyl groups is 1. The van der Waals surface area contributed by atoms with Gasteiger partial charge in [-0.05, 0) is 13.0 Å².